The maximum absolute atomic E-state index is 10.2. The SMILES string of the molecule is O=Cc1nnc(C=O)n1C=O. The second-order valence-electron chi connectivity index (χ2n) is 1.63. The van der Waals surface area contributed by atoms with Crippen LogP contribution in [0.3, 0.4) is 0 Å². The molecule has 0 unspecified atom stereocenters. The number of carbonyl (C=O) groups is 3. The number of nitrogens with zero attached hydrogens (tertiary/aromatic N) is 3. The highest BCUT2D eigenvalue weighted by Gasteiger charge is 2.07. The van der Waals surface area contributed by atoms with Crippen molar-refractivity contribution in [3.05, 3.63) is 11.6 Å². The monoisotopic (exact) mass is 153 g/mol. The lowest BCUT2D eigenvalue weighted by Gasteiger charge is -1.87. The fourth-order valence-electron chi connectivity index (χ4n) is 0.585. The maximum atomic E-state index is 10.2. The van der Waals surface area contributed by atoms with Gasteiger partial charge in [-0.15, -0.1) is 10.2 Å². The average molecular weight is 153 g/mol. The molecular weight excluding hydrogens is 150 g/mol. The van der Waals surface area contributed by atoms with E-state index in [1.165, 1.54) is 0 Å². The predicted octanol–water partition coefficient (Wildman–Crippen LogP) is -1.06. The Morgan fingerprint density at radius 1 is 1.00 bits per heavy atom. The molecule has 11 heavy (non-hydrogen) atoms. The summed E-state index contributed by atoms with van der Waals surface area (Å²) in [6.45, 7) is 0. The molecule has 1 heterocycles. The van der Waals surface area contributed by atoms with Gasteiger partial charge in [0.15, 0.2) is 12.6 Å². The van der Waals surface area contributed by atoms with Gasteiger partial charge in [0.05, 0.1) is 0 Å². The summed E-state index contributed by atoms with van der Waals surface area (Å²) in [7, 11) is 0. The molecule has 0 aromatic carbocycles. The predicted molar refractivity (Wildman–Crippen MR) is 32.9 cm³/mol. The summed E-state index contributed by atoms with van der Waals surface area (Å²) in [5, 5.41) is 6.52. The number of aldehydes is 2. The van der Waals surface area contributed by atoms with Crippen LogP contribution in [0.25, 0.3) is 0 Å². The van der Waals surface area contributed by atoms with Crippen LogP contribution in [0.1, 0.15) is 21.2 Å². The van der Waals surface area contributed by atoms with Crippen LogP contribution in [0.15, 0.2) is 0 Å². The average Bonchev–Trinajstić information content (AvgIpc) is 2.45. The van der Waals surface area contributed by atoms with Gasteiger partial charge >= 0.3 is 0 Å². The fraction of sp³-hybridized carbons (Fsp3) is 0. The highest BCUT2D eigenvalue weighted by molar-refractivity contribution is 5.80. The Bertz CT molecular complexity index is 278. The van der Waals surface area contributed by atoms with E-state index in [4.69, 9.17) is 0 Å². The molecule has 0 amide bonds. The fourth-order valence-corrected chi connectivity index (χ4v) is 0.585. The van der Waals surface area contributed by atoms with Gasteiger partial charge in [-0.3, -0.25) is 14.4 Å². The van der Waals surface area contributed by atoms with Gasteiger partial charge in [-0.1, -0.05) is 0 Å². The summed E-state index contributed by atoms with van der Waals surface area (Å²) in [4.78, 5) is 30.4. The van der Waals surface area contributed by atoms with Crippen LogP contribution in [0.2, 0.25) is 0 Å². The second kappa shape index (κ2) is 2.82. The molecule has 0 aliphatic heterocycles. The van der Waals surface area contributed by atoms with Crippen molar-refractivity contribution in [2.24, 2.45) is 0 Å². The minimum Gasteiger partial charge on any atom is -0.294 e. The summed E-state index contributed by atoms with van der Waals surface area (Å²) in [5.74, 6) is -0.357. The number of carbonyl (C=O) groups excluding carboxylic acids is 3. The Balaban J connectivity index is 3.29. The van der Waals surface area contributed by atoms with Crippen LogP contribution < -0.4 is 0 Å². The van der Waals surface area contributed by atoms with Crippen molar-refractivity contribution in [3.8, 4) is 0 Å². The molecule has 0 atom stereocenters. The molecule has 6 heteroatoms. The molecule has 0 saturated heterocycles. The van der Waals surface area contributed by atoms with E-state index in [2.05, 4.69) is 10.2 Å². The molecule has 0 saturated carbocycles. The maximum Gasteiger partial charge on any atom is 0.221 e. The summed E-state index contributed by atoms with van der Waals surface area (Å²) in [6, 6.07) is 0. The highest BCUT2D eigenvalue weighted by Crippen LogP contribution is 1.91. The summed E-state index contributed by atoms with van der Waals surface area (Å²) < 4.78 is 0.764. The van der Waals surface area contributed by atoms with Crippen LogP contribution in [0.4, 0.5) is 0 Å². The molecule has 0 spiro atoms. The van der Waals surface area contributed by atoms with E-state index >= 15 is 0 Å². The second-order valence-corrected chi connectivity index (χ2v) is 1.63. The highest BCUT2D eigenvalue weighted by atomic mass is 16.1. The van der Waals surface area contributed by atoms with Crippen molar-refractivity contribution in [2.75, 3.05) is 0 Å². The molecule has 1 aromatic rings. The van der Waals surface area contributed by atoms with Crippen LogP contribution in [-0.4, -0.2) is 33.7 Å². The zero-order valence-corrected chi connectivity index (χ0v) is 5.30. The van der Waals surface area contributed by atoms with Crippen LogP contribution in [0, 0.1) is 0 Å². The topological polar surface area (TPSA) is 81.9 Å². The van der Waals surface area contributed by atoms with E-state index < -0.39 is 0 Å². The van der Waals surface area contributed by atoms with Gasteiger partial charge in [-0.2, -0.15) is 0 Å². The molecule has 0 radical (unpaired) electrons. The van der Waals surface area contributed by atoms with Crippen molar-refractivity contribution < 1.29 is 14.4 Å². The summed E-state index contributed by atoms with van der Waals surface area (Å²) in [5.41, 5.74) is 0. The van der Waals surface area contributed by atoms with Gasteiger partial charge in [0, 0.05) is 0 Å². The molecule has 1 rings (SSSR count). The molecule has 6 nitrogen and oxygen atoms in total. The third kappa shape index (κ3) is 1.05. The van der Waals surface area contributed by atoms with Gasteiger partial charge in [0.1, 0.15) is 0 Å². The minimum atomic E-state index is -0.179. The lowest BCUT2D eigenvalue weighted by atomic mass is 10.6. The Hall–Kier alpha value is -1.85. The van der Waals surface area contributed by atoms with Gasteiger partial charge in [-0.05, 0) is 0 Å². The zero-order chi connectivity index (χ0) is 8.27. The molecule has 0 fully saturated rings. The van der Waals surface area contributed by atoms with Crippen LogP contribution in [-0.2, 0) is 4.79 Å². The van der Waals surface area contributed by atoms with Gasteiger partial charge in [0.2, 0.25) is 18.1 Å². The van der Waals surface area contributed by atoms with Crippen molar-refractivity contribution in [3.63, 3.8) is 0 Å². The van der Waals surface area contributed by atoms with E-state index in [1.54, 1.807) is 0 Å². The molecule has 0 bridgehead atoms. The smallest absolute Gasteiger partial charge is 0.221 e. The van der Waals surface area contributed by atoms with Crippen molar-refractivity contribution >= 4 is 19.0 Å². The third-order valence-electron chi connectivity index (χ3n) is 1.06. The minimum absolute atomic E-state index is 0.179. The molecule has 0 aliphatic carbocycles. The van der Waals surface area contributed by atoms with E-state index in [1.807, 2.05) is 0 Å². The van der Waals surface area contributed by atoms with Gasteiger partial charge in [0.25, 0.3) is 0 Å². The van der Waals surface area contributed by atoms with Gasteiger partial charge in [-0.25, -0.2) is 4.57 Å². The van der Waals surface area contributed by atoms with Crippen LogP contribution >= 0.6 is 0 Å². The van der Waals surface area contributed by atoms with Crippen molar-refractivity contribution in [2.45, 2.75) is 0 Å². The summed E-state index contributed by atoms with van der Waals surface area (Å²) in [6.07, 6.45) is 0.982. The third-order valence-corrected chi connectivity index (χ3v) is 1.06. The lowest BCUT2D eigenvalue weighted by molar-refractivity contribution is 0.111. The lowest BCUT2D eigenvalue weighted by Crippen LogP contribution is -2.04. The van der Waals surface area contributed by atoms with E-state index in [0.717, 1.165) is 4.57 Å². The van der Waals surface area contributed by atoms with Crippen molar-refractivity contribution in [1.82, 2.24) is 14.8 Å². The van der Waals surface area contributed by atoms with Gasteiger partial charge < -0.3 is 0 Å². The van der Waals surface area contributed by atoms with Crippen molar-refractivity contribution in [1.29, 1.82) is 0 Å². The Kier molecular flexibility index (Phi) is 1.86. The Labute approximate surface area is 60.8 Å². The number of rotatable bonds is 3. The summed E-state index contributed by atoms with van der Waals surface area (Å²) >= 11 is 0. The largest absolute Gasteiger partial charge is 0.294 e. The van der Waals surface area contributed by atoms with E-state index in [9.17, 15) is 14.4 Å². The number of hydrogen-bond donors (Lipinski definition) is 0. The molecule has 0 N–H and O–H groups in total. The Morgan fingerprint density at radius 2 is 1.45 bits per heavy atom. The molecule has 0 aliphatic rings. The number of hydrogen-bond acceptors (Lipinski definition) is 5. The Morgan fingerprint density at radius 3 is 1.73 bits per heavy atom. The normalized spacial score (nSPS) is 9.09. The standard InChI is InChI=1S/C5H3N3O3/c9-1-4-6-7-5(2-10)8(4)3-11/h1-3H. The molecule has 1 aromatic heterocycles. The van der Waals surface area contributed by atoms with E-state index in [-0.39, 0.29) is 11.6 Å². The first-order chi connectivity index (χ1) is 5.33. The molecular formula is C5H3N3O3. The van der Waals surface area contributed by atoms with E-state index in [0.29, 0.717) is 19.0 Å². The first-order valence-electron chi connectivity index (χ1n) is 2.64. The zero-order valence-electron chi connectivity index (χ0n) is 5.30. The first-order valence-corrected chi connectivity index (χ1v) is 2.64. The first kappa shape index (κ1) is 7.26. The molecule has 56 valence electrons. The quantitative estimate of drug-likeness (QED) is 0.517. The number of aromatic nitrogens is 3. The van der Waals surface area contributed by atoms with Crippen LogP contribution in [0.5, 0.6) is 0 Å².